The van der Waals surface area contributed by atoms with Crippen LogP contribution in [-0.2, 0) is 22.7 Å². The lowest BCUT2D eigenvalue weighted by Crippen LogP contribution is -2.48. The van der Waals surface area contributed by atoms with Crippen molar-refractivity contribution >= 4 is 47.0 Å². The molecule has 226 valence electrons. The van der Waals surface area contributed by atoms with Crippen LogP contribution >= 0.6 is 23.7 Å². The molecule has 1 N–H and O–H groups in total. The van der Waals surface area contributed by atoms with E-state index < -0.39 is 0 Å². The predicted octanol–water partition coefficient (Wildman–Crippen LogP) is 5.77. The number of benzene rings is 2. The first-order chi connectivity index (χ1) is 19.7. The van der Waals surface area contributed by atoms with E-state index in [0.717, 1.165) is 47.2 Å². The average molecular weight is 616 g/mol. The van der Waals surface area contributed by atoms with Gasteiger partial charge in [-0.3, -0.25) is 19.4 Å². The van der Waals surface area contributed by atoms with E-state index in [1.807, 2.05) is 37.1 Å². The molecular weight excluding hydrogens is 577 g/mol. The number of aromatic nitrogens is 1. The van der Waals surface area contributed by atoms with Crippen LogP contribution in [-0.4, -0.2) is 59.3 Å². The maximum absolute atomic E-state index is 13.7. The lowest BCUT2D eigenvalue weighted by Gasteiger charge is -2.32. The number of carbonyl (C=O) groups is 3. The quantitative estimate of drug-likeness (QED) is 0.194. The van der Waals surface area contributed by atoms with Gasteiger partial charge in [0.15, 0.2) is 5.78 Å². The van der Waals surface area contributed by atoms with Crippen LogP contribution in [0.3, 0.4) is 0 Å². The van der Waals surface area contributed by atoms with Gasteiger partial charge in [-0.05, 0) is 48.2 Å². The number of aryl methyl sites for hydroxylation is 1. The van der Waals surface area contributed by atoms with Crippen molar-refractivity contribution in [2.75, 3.05) is 31.6 Å². The average Bonchev–Trinajstić information content (AvgIpc) is 3.62. The fraction of sp³-hybridized carbons (Fsp3) is 0.419. The standard InChI is InChI=1S/C31H38FN5O3S.ClH/c1-5-7-8-13-33-29(39)18-36(19-30(40)35(4)37-16-23-11-12-25(32)14-24(23)17-37)27-15-22(10-9-21(27)3)31-34-26(20-41-31)28(38)6-2;/h9-12,14-15,20H,5-8,13,16-19H2,1-4H3,(H,33,39);1H. The fourth-order valence-corrected chi connectivity index (χ4v) is 5.66. The molecule has 2 aromatic carbocycles. The second kappa shape index (κ2) is 15.2. The highest BCUT2D eigenvalue weighted by atomic mass is 35.5. The first kappa shape index (κ1) is 33.2. The van der Waals surface area contributed by atoms with Crippen molar-refractivity contribution in [3.63, 3.8) is 0 Å². The number of hydrogen-bond donors (Lipinski definition) is 1. The summed E-state index contributed by atoms with van der Waals surface area (Å²) in [7, 11) is 1.71. The summed E-state index contributed by atoms with van der Waals surface area (Å²) in [6.07, 6.45) is 3.38. The summed E-state index contributed by atoms with van der Waals surface area (Å²) in [6, 6.07) is 10.5. The molecule has 0 spiro atoms. The Hall–Kier alpha value is -3.34. The molecule has 0 fully saturated rings. The Morgan fingerprint density at radius 3 is 2.55 bits per heavy atom. The smallest absolute Gasteiger partial charge is 0.256 e. The van der Waals surface area contributed by atoms with Gasteiger partial charge in [-0.15, -0.1) is 23.7 Å². The number of carbonyl (C=O) groups excluding carboxylic acids is 3. The van der Waals surface area contributed by atoms with Gasteiger partial charge in [-0.1, -0.05) is 44.9 Å². The molecule has 2 amide bonds. The van der Waals surface area contributed by atoms with Gasteiger partial charge in [0.25, 0.3) is 5.91 Å². The predicted molar refractivity (Wildman–Crippen MR) is 167 cm³/mol. The molecule has 0 atom stereocenters. The maximum Gasteiger partial charge on any atom is 0.256 e. The van der Waals surface area contributed by atoms with E-state index in [0.29, 0.717) is 36.8 Å². The maximum atomic E-state index is 13.7. The minimum atomic E-state index is -0.294. The number of ketones is 1. The number of amides is 2. The molecule has 11 heteroatoms. The molecule has 1 aliphatic heterocycles. The number of hydrazine groups is 1. The Morgan fingerprint density at radius 1 is 1.05 bits per heavy atom. The molecule has 42 heavy (non-hydrogen) atoms. The van der Waals surface area contributed by atoms with Crippen molar-refractivity contribution in [2.24, 2.45) is 0 Å². The van der Waals surface area contributed by atoms with Gasteiger partial charge in [0.2, 0.25) is 5.91 Å². The highest BCUT2D eigenvalue weighted by molar-refractivity contribution is 7.13. The molecule has 3 aromatic rings. The minimum absolute atomic E-state index is 0. The number of nitrogens with zero attached hydrogens (tertiary/aromatic N) is 4. The molecule has 8 nitrogen and oxygen atoms in total. The van der Waals surface area contributed by atoms with E-state index in [1.54, 1.807) is 28.4 Å². The summed E-state index contributed by atoms with van der Waals surface area (Å²) in [4.78, 5) is 45.0. The highest BCUT2D eigenvalue weighted by Crippen LogP contribution is 2.31. The third kappa shape index (κ3) is 8.14. The van der Waals surface area contributed by atoms with Gasteiger partial charge in [-0.25, -0.2) is 14.4 Å². The lowest BCUT2D eigenvalue weighted by molar-refractivity contribution is -0.145. The molecule has 0 unspecified atom stereocenters. The summed E-state index contributed by atoms with van der Waals surface area (Å²) < 4.78 is 13.7. The molecule has 1 aromatic heterocycles. The lowest BCUT2D eigenvalue weighted by atomic mass is 10.1. The minimum Gasteiger partial charge on any atom is -0.355 e. The number of anilines is 1. The van der Waals surface area contributed by atoms with Gasteiger partial charge < -0.3 is 10.2 Å². The van der Waals surface area contributed by atoms with Gasteiger partial charge in [0.1, 0.15) is 16.5 Å². The number of rotatable bonds is 13. The van der Waals surface area contributed by atoms with Gasteiger partial charge in [0, 0.05) is 49.7 Å². The Labute approximate surface area is 257 Å². The van der Waals surface area contributed by atoms with Crippen LogP contribution in [0.25, 0.3) is 10.6 Å². The Balaban J connectivity index is 0.00000484. The summed E-state index contributed by atoms with van der Waals surface area (Å²) in [5, 5.41) is 8.89. The molecular formula is C31H39ClFN5O3S. The Morgan fingerprint density at radius 2 is 1.81 bits per heavy atom. The number of fused-ring (bicyclic) bond motifs is 1. The second-order valence-electron chi connectivity index (χ2n) is 10.4. The first-order valence-electron chi connectivity index (χ1n) is 14.1. The van der Waals surface area contributed by atoms with E-state index in [-0.39, 0.29) is 48.9 Å². The van der Waals surface area contributed by atoms with Crippen LogP contribution in [0.1, 0.15) is 66.7 Å². The SMILES string of the molecule is CCCCCNC(=O)CN(CC(=O)N(C)N1Cc2ccc(F)cc2C1)c1cc(-c2nc(C(=O)CC)cs2)ccc1C.Cl. The molecule has 0 radical (unpaired) electrons. The molecule has 0 bridgehead atoms. The molecule has 2 heterocycles. The van der Waals surface area contributed by atoms with E-state index in [2.05, 4.69) is 17.2 Å². The van der Waals surface area contributed by atoms with E-state index in [1.165, 1.54) is 23.5 Å². The van der Waals surface area contributed by atoms with Crippen LogP contribution in [0.2, 0.25) is 0 Å². The topological polar surface area (TPSA) is 85.8 Å². The third-order valence-electron chi connectivity index (χ3n) is 7.33. The molecule has 4 rings (SSSR count). The number of Topliss-reactive ketones (excluding diaryl/α,β-unsaturated/α-hetero) is 1. The van der Waals surface area contributed by atoms with Crippen LogP contribution < -0.4 is 10.2 Å². The number of thiazole rings is 1. The van der Waals surface area contributed by atoms with E-state index in [4.69, 9.17) is 0 Å². The van der Waals surface area contributed by atoms with Crippen molar-refractivity contribution in [2.45, 2.75) is 59.5 Å². The van der Waals surface area contributed by atoms with Gasteiger partial charge >= 0.3 is 0 Å². The Kier molecular flexibility index (Phi) is 12.0. The zero-order valence-electron chi connectivity index (χ0n) is 24.6. The van der Waals surface area contributed by atoms with E-state index >= 15 is 0 Å². The van der Waals surface area contributed by atoms with E-state index in [9.17, 15) is 18.8 Å². The molecule has 0 saturated carbocycles. The summed E-state index contributed by atoms with van der Waals surface area (Å²) >= 11 is 1.39. The second-order valence-corrected chi connectivity index (χ2v) is 11.2. The largest absolute Gasteiger partial charge is 0.355 e. The van der Waals surface area contributed by atoms with Crippen LogP contribution in [0, 0.1) is 12.7 Å². The van der Waals surface area contributed by atoms with Crippen molar-refractivity contribution in [1.29, 1.82) is 0 Å². The molecule has 0 saturated heterocycles. The number of unbranched alkanes of at least 4 members (excludes halogenated alkanes) is 2. The van der Waals surface area contributed by atoms with Crippen molar-refractivity contribution < 1.29 is 18.8 Å². The number of likely N-dealkylation sites (N-methyl/N-ethyl adjacent to an activating group) is 1. The third-order valence-corrected chi connectivity index (χ3v) is 8.22. The highest BCUT2D eigenvalue weighted by Gasteiger charge is 2.27. The van der Waals surface area contributed by atoms with Gasteiger partial charge in [-0.2, -0.15) is 0 Å². The van der Waals surface area contributed by atoms with Crippen LogP contribution in [0.4, 0.5) is 10.1 Å². The molecule has 0 aliphatic carbocycles. The van der Waals surface area contributed by atoms with Crippen molar-refractivity contribution in [3.8, 4) is 10.6 Å². The number of halogens is 2. The summed E-state index contributed by atoms with van der Waals surface area (Å²) in [5.41, 5.74) is 4.77. The zero-order chi connectivity index (χ0) is 29.5. The van der Waals surface area contributed by atoms with Gasteiger partial charge in [0.05, 0.1) is 13.1 Å². The number of hydrogen-bond acceptors (Lipinski definition) is 7. The fourth-order valence-electron chi connectivity index (χ4n) is 4.84. The number of nitrogens with one attached hydrogen (secondary N) is 1. The van der Waals surface area contributed by atoms with Crippen molar-refractivity contribution in [1.82, 2.24) is 20.3 Å². The Bertz CT molecular complexity index is 1410. The molecule has 1 aliphatic rings. The monoisotopic (exact) mass is 615 g/mol. The van der Waals surface area contributed by atoms with Crippen LogP contribution in [0.15, 0.2) is 41.8 Å². The summed E-state index contributed by atoms with van der Waals surface area (Å²) in [6.45, 7) is 7.38. The van der Waals surface area contributed by atoms with Crippen molar-refractivity contribution in [3.05, 3.63) is 70.0 Å². The van der Waals surface area contributed by atoms with Crippen LogP contribution in [0.5, 0.6) is 0 Å². The first-order valence-corrected chi connectivity index (χ1v) is 15.0. The summed E-state index contributed by atoms with van der Waals surface area (Å²) in [5.74, 6) is -0.651. The zero-order valence-corrected chi connectivity index (χ0v) is 26.2. The normalized spacial score (nSPS) is 12.4.